The molecular weight excluding hydrogens is 277 g/mol. The fraction of sp³-hybridized carbons (Fsp3) is 0.385. The van der Waals surface area contributed by atoms with Crippen LogP contribution in [0.5, 0.6) is 0 Å². The molecule has 1 aromatic carbocycles. The predicted octanol–water partition coefficient (Wildman–Crippen LogP) is 4.01. The molecule has 0 spiro atoms. The number of alkyl halides is 3. The number of rotatable bonds is 3. The van der Waals surface area contributed by atoms with E-state index in [1.165, 1.54) is 18.3 Å². The van der Waals surface area contributed by atoms with Gasteiger partial charge in [0.2, 0.25) is 0 Å². The van der Waals surface area contributed by atoms with Gasteiger partial charge >= 0.3 is 6.18 Å². The van der Waals surface area contributed by atoms with Crippen molar-refractivity contribution in [1.82, 2.24) is 0 Å². The van der Waals surface area contributed by atoms with Gasteiger partial charge in [0.05, 0.1) is 12.1 Å². The van der Waals surface area contributed by atoms with Crippen molar-refractivity contribution >= 4 is 23.5 Å². The number of halogens is 4. The van der Waals surface area contributed by atoms with Crippen LogP contribution in [0.2, 0.25) is 5.02 Å². The van der Waals surface area contributed by atoms with Crippen molar-refractivity contribution in [2.45, 2.75) is 19.0 Å². The first-order valence-corrected chi connectivity index (χ1v) is 6.24. The minimum absolute atomic E-state index is 0.0481. The van der Waals surface area contributed by atoms with Crippen molar-refractivity contribution in [2.75, 3.05) is 13.1 Å². The van der Waals surface area contributed by atoms with Crippen molar-refractivity contribution < 1.29 is 13.2 Å². The summed E-state index contributed by atoms with van der Waals surface area (Å²) in [6.07, 6.45) is -1.39. The molecule has 0 atom stereocenters. The standard InChI is InChI=1S/C13H12ClF3N2/c14-12-5-1-4-11(13(15,16)17)10(12)8-18-7-9-3-2-6-19-9/h1,4-5,8H,2-3,6-7H2. The Balaban J connectivity index is 2.21. The zero-order valence-corrected chi connectivity index (χ0v) is 10.8. The van der Waals surface area contributed by atoms with Crippen LogP contribution >= 0.6 is 11.6 Å². The smallest absolute Gasteiger partial charge is 0.292 e. The van der Waals surface area contributed by atoms with Crippen LogP contribution < -0.4 is 0 Å². The highest BCUT2D eigenvalue weighted by Crippen LogP contribution is 2.34. The molecule has 1 aliphatic heterocycles. The second kappa shape index (κ2) is 5.74. The van der Waals surface area contributed by atoms with Gasteiger partial charge in [-0.05, 0) is 25.0 Å². The average molecular weight is 289 g/mol. The van der Waals surface area contributed by atoms with E-state index < -0.39 is 11.7 Å². The van der Waals surface area contributed by atoms with E-state index in [2.05, 4.69) is 9.98 Å². The van der Waals surface area contributed by atoms with E-state index in [4.69, 9.17) is 11.6 Å². The summed E-state index contributed by atoms with van der Waals surface area (Å²) in [6.45, 7) is 1.12. The van der Waals surface area contributed by atoms with Crippen LogP contribution in [0.4, 0.5) is 13.2 Å². The molecule has 0 radical (unpaired) electrons. The zero-order chi connectivity index (χ0) is 13.9. The molecule has 6 heteroatoms. The van der Waals surface area contributed by atoms with Crippen LogP contribution in [0.25, 0.3) is 0 Å². The van der Waals surface area contributed by atoms with E-state index in [1.807, 2.05) is 0 Å². The van der Waals surface area contributed by atoms with Gasteiger partial charge in [0.1, 0.15) is 0 Å². The van der Waals surface area contributed by atoms with E-state index in [1.54, 1.807) is 0 Å². The fourth-order valence-electron chi connectivity index (χ4n) is 1.89. The maximum atomic E-state index is 12.8. The van der Waals surface area contributed by atoms with E-state index in [0.29, 0.717) is 6.54 Å². The van der Waals surface area contributed by atoms with Crippen LogP contribution in [0.15, 0.2) is 28.2 Å². The van der Waals surface area contributed by atoms with Crippen LogP contribution in [0, 0.1) is 0 Å². The van der Waals surface area contributed by atoms with Gasteiger partial charge in [-0.3, -0.25) is 9.98 Å². The quantitative estimate of drug-likeness (QED) is 0.751. The third-order valence-electron chi connectivity index (χ3n) is 2.81. The summed E-state index contributed by atoms with van der Waals surface area (Å²) in [4.78, 5) is 8.23. The first-order valence-electron chi connectivity index (χ1n) is 5.86. The normalized spacial score (nSPS) is 16.1. The lowest BCUT2D eigenvalue weighted by atomic mass is 10.1. The summed E-state index contributed by atoms with van der Waals surface area (Å²) in [6, 6.07) is 3.70. The SMILES string of the molecule is FC(F)(F)c1cccc(Cl)c1C=NCC1=NCCC1. The summed E-state index contributed by atoms with van der Waals surface area (Å²) in [5.74, 6) is 0. The number of benzene rings is 1. The Labute approximate surface area is 114 Å². The van der Waals surface area contributed by atoms with Crippen molar-refractivity contribution in [1.29, 1.82) is 0 Å². The number of hydrogen-bond donors (Lipinski definition) is 0. The molecule has 1 aliphatic rings. The van der Waals surface area contributed by atoms with Crippen LogP contribution in [0.1, 0.15) is 24.0 Å². The van der Waals surface area contributed by atoms with E-state index in [-0.39, 0.29) is 10.6 Å². The summed E-state index contributed by atoms with van der Waals surface area (Å²) in [7, 11) is 0. The molecule has 0 unspecified atom stereocenters. The lowest BCUT2D eigenvalue weighted by molar-refractivity contribution is -0.137. The fourth-order valence-corrected chi connectivity index (χ4v) is 2.11. The predicted molar refractivity (Wildman–Crippen MR) is 70.5 cm³/mol. The summed E-state index contributed by atoms with van der Waals surface area (Å²) < 4.78 is 38.4. The Morgan fingerprint density at radius 1 is 1.37 bits per heavy atom. The molecule has 0 bridgehead atoms. The van der Waals surface area contributed by atoms with Crippen molar-refractivity contribution in [3.05, 3.63) is 34.3 Å². The molecule has 2 nitrogen and oxygen atoms in total. The van der Waals surface area contributed by atoms with Gasteiger partial charge < -0.3 is 0 Å². The molecule has 0 aliphatic carbocycles. The molecule has 0 saturated carbocycles. The number of hydrogen-bond acceptors (Lipinski definition) is 2. The monoisotopic (exact) mass is 288 g/mol. The van der Waals surface area contributed by atoms with E-state index in [0.717, 1.165) is 31.2 Å². The molecule has 0 aromatic heterocycles. The second-order valence-corrected chi connectivity index (χ2v) is 4.63. The van der Waals surface area contributed by atoms with Gasteiger partial charge in [0.15, 0.2) is 0 Å². The zero-order valence-electron chi connectivity index (χ0n) is 10.0. The molecule has 0 N–H and O–H groups in total. The minimum atomic E-state index is -4.43. The first kappa shape index (κ1) is 14.1. The topological polar surface area (TPSA) is 24.7 Å². The molecule has 19 heavy (non-hydrogen) atoms. The van der Waals surface area contributed by atoms with E-state index in [9.17, 15) is 13.2 Å². The van der Waals surface area contributed by atoms with Gasteiger partial charge in [-0.15, -0.1) is 0 Å². The molecule has 1 aromatic rings. The lowest BCUT2D eigenvalue weighted by Crippen LogP contribution is -2.09. The molecule has 0 fully saturated rings. The first-order chi connectivity index (χ1) is 8.98. The highest BCUT2D eigenvalue weighted by atomic mass is 35.5. The summed E-state index contributed by atoms with van der Waals surface area (Å²) >= 11 is 5.81. The maximum Gasteiger partial charge on any atom is 0.417 e. The Hall–Kier alpha value is -1.36. The molecular formula is C13H12ClF3N2. The molecule has 1 heterocycles. The van der Waals surface area contributed by atoms with Crippen LogP contribution in [0.3, 0.4) is 0 Å². The van der Waals surface area contributed by atoms with Gasteiger partial charge in [-0.2, -0.15) is 13.2 Å². The van der Waals surface area contributed by atoms with Crippen molar-refractivity contribution in [2.24, 2.45) is 9.98 Å². The highest BCUT2D eigenvalue weighted by Gasteiger charge is 2.33. The van der Waals surface area contributed by atoms with Crippen LogP contribution in [-0.2, 0) is 6.18 Å². The lowest BCUT2D eigenvalue weighted by Gasteiger charge is -2.10. The number of aliphatic imine (C=N–C) groups is 2. The largest absolute Gasteiger partial charge is 0.417 e. The van der Waals surface area contributed by atoms with Gasteiger partial charge in [0, 0.05) is 29.1 Å². The third kappa shape index (κ3) is 3.56. The molecule has 0 amide bonds. The van der Waals surface area contributed by atoms with E-state index >= 15 is 0 Å². The van der Waals surface area contributed by atoms with Gasteiger partial charge in [-0.25, -0.2) is 0 Å². The highest BCUT2D eigenvalue weighted by molar-refractivity contribution is 6.33. The van der Waals surface area contributed by atoms with Crippen LogP contribution in [-0.4, -0.2) is 25.0 Å². The average Bonchev–Trinajstić information content (AvgIpc) is 2.82. The van der Waals surface area contributed by atoms with Gasteiger partial charge in [0.25, 0.3) is 0 Å². The van der Waals surface area contributed by atoms with Crippen molar-refractivity contribution in [3.8, 4) is 0 Å². The Morgan fingerprint density at radius 2 is 2.16 bits per heavy atom. The molecule has 2 rings (SSSR count). The summed E-state index contributed by atoms with van der Waals surface area (Å²) in [5, 5.41) is 0.0481. The van der Waals surface area contributed by atoms with Crippen molar-refractivity contribution in [3.63, 3.8) is 0 Å². The van der Waals surface area contributed by atoms with Gasteiger partial charge in [-0.1, -0.05) is 17.7 Å². The molecule has 102 valence electrons. The second-order valence-electron chi connectivity index (χ2n) is 4.22. The maximum absolute atomic E-state index is 12.8. The minimum Gasteiger partial charge on any atom is -0.292 e. The number of nitrogens with zero attached hydrogens (tertiary/aromatic N) is 2. The summed E-state index contributed by atoms with van der Waals surface area (Å²) in [5.41, 5.74) is 0.0734. The Bertz CT molecular complexity index is 521. The Kier molecular flexibility index (Phi) is 4.24. The Morgan fingerprint density at radius 3 is 2.79 bits per heavy atom. The molecule has 0 saturated heterocycles. The third-order valence-corrected chi connectivity index (χ3v) is 3.14.